The molecule has 0 saturated carbocycles. The van der Waals surface area contributed by atoms with E-state index < -0.39 is 0 Å². The number of carbonyl (C=O) groups is 1. The van der Waals surface area contributed by atoms with Crippen molar-refractivity contribution < 1.29 is 19.0 Å². The summed E-state index contributed by atoms with van der Waals surface area (Å²) in [4.78, 5) is 11.5. The van der Waals surface area contributed by atoms with Gasteiger partial charge in [-0.25, -0.2) is 0 Å². The number of rotatable bonds is 7. The van der Waals surface area contributed by atoms with E-state index in [9.17, 15) is 4.79 Å². The number of ether oxygens (including phenoxy) is 3. The molecule has 0 aromatic carbocycles. The molecule has 1 saturated heterocycles. The van der Waals surface area contributed by atoms with Gasteiger partial charge in [0.1, 0.15) is 0 Å². The normalized spacial score (nSPS) is 22.1. The molecule has 100 valence electrons. The molecule has 0 aromatic rings. The van der Waals surface area contributed by atoms with Gasteiger partial charge < -0.3 is 24.8 Å². The summed E-state index contributed by atoms with van der Waals surface area (Å²) in [5, 5.41) is 5.86. The summed E-state index contributed by atoms with van der Waals surface area (Å²) >= 11 is 0. The highest BCUT2D eigenvalue weighted by Gasteiger charge is 2.14. The third kappa shape index (κ3) is 6.58. The van der Waals surface area contributed by atoms with Gasteiger partial charge in [0.15, 0.2) is 0 Å². The lowest BCUT2D eigenvalue weighted by atomic mass is 10.3. The average molecular weight is 246 g/mol. The van der Waals surface area contributed by atoms with Crippen LogP contribution in [0.25, 0.3) is 0 Å². The number of carbonyl (C=O) groups excluding carboxylic acids is 1. The summed E-state index contributed by atoms with van der Waals surface area (Å²) in [5.74, 6) is -0.0359. The highest BCUT2D eigenvalue weighted by molar-refractivity contribution is 5.78. The first kappa shape index (κ1) is 14.4. The van der Waals surface area contributed by atoms with E-state index >= 15 is 0 Å². The Hall–Kier alpha value is -0.690. The first-order valence-corrected chi connectivity index (χ1v) is 5.90. The molecular weight excluding hydrogens is 224 g/mol. The molecule has 2 unspecified atom stereocenters. The Kier molecular flexibility index (Phi) is 7.11. The first-order valence-electron chi connectivity index (χ1n) is 5.90. The van der Waals surface area contributed by atoms with E-state index in [-0.39, 0.29) is 24.6 Å². The zero-order valence-electron chi connectivity index (χ0n) is 10.5. The zero-order chi connectivity index (χ0) is 12.5. The van der Waals surface area contributed by atoms with E-state index in [0.717, 1.165) is 0 Å². The first-order chi connectivity index (χ1) is 8.22. The van der Waals surface area contributed by atoms with Crippen LogP contribution < -0.4 is 10.6 Å². The third-order valence-electron chi connectivity index (χ3n) is 2.37. The molecule has 1 fully saturated rings. The molecule has 1 aliphatic heterocycles. The Bertz CT molecular complexity index is 220. The van der Waals surface area contributed by atoms with Crippen molar-refractivity contribution in [3.8, 4) is 0 Å². The van der Waals surface area contributed by atoms with Gasteiger partial charge >= 0.3 is 0 Å². The van der Waals surface area contributed by atoms with E-state index in [4.69, 9.17) is 14.2 Å². The predicted molar refractivity (Wildman–Crippen MR) is 62.9 cm³/mol. The largest absolute Gasteiger partial charge is 0.383 e. The summed E-state index contributed by atoms with van der Waals surface area (Å²) in [5.41, 5.74) is 0. The molecule has 6 nitrogen and oxygen atoms in total. The topological polar surface area (TPSA) is 68.8 Å². The lowest BCUT2D eigenvalue weighted by Crippen LogP contribution is -2.44. The van der Waals surface area contributed by atoms with Crippen molar-refractivity contribution in [3.05, 3.63) is 0 Å². The lowest BCUT2D eigenvalue weighted by molar-refractivity contribution is -0.121. The van der Waals surface area contributed by atoms with Crippen LogP contribution in [0.1, 0.15) is 6.92 Å². The molecular formula is C11H22N2O4. The molecule has 6 heteroatoms. The highest BCUT2D eigenvalue weighted by atomic mass is 16.6. The number of hydrogen-bond donors (Lipinski definition) is 2. The number of hydrogen-bond acceptors (Lipinski definition) is 5. The molecule has 17 heavy (non-hydrogen) atoms. The second-order valence-electron chi connectivity index (χ2n) is 4.12. The zero-order valence-corrected chi connectivity index (χ0v) is 10.5. The third-order valence-corrected chi connectivity index (χ3v) is 2.37. The van der Waals surface area contributed by atoms with E-state index in [1.54, 1.807) is 7.11 Å². The second kappa shape index (κ2) is 8.41. The van der Waals surface area contributed by atoms with Crippen LogP contribution in [0.3, 0.4) is 0 Å². The van der Waals surface area contributed by atoms with E-state index in [0.29, 0.717) is 33.0 Å². The van der Waals surface area contributed by atoms with Crippen LogP contribution in [-0.4, -0.2) is 64.7 Å². The Morgan fingerprint density at radius 2 is 2.35 bits per heavy atom. The average Bonchev–Trinajstić information content (AvgIpc) is 2.30. The highest BCUT2D eigenvalue weighted by Crippen LogP contribution is 1.98. The van der Waals surface area contributed by atoms with Gasteiger partial charge in [0.2, 0.25) is 5.91 Å². The fraction of sp³-hybridized carbons (Fsp3) is 0.909. The van der Waals surface area contributed by atoms with Gasteiger partial charge in [-0.3, -0.25) is 4.79 Å². The Balaban J connectivity index is 2.03. The summed E-state index contributed by atoms with van der Waals surface area (Å²) < 4.78 is 15.6. The molecule has 2 atom stereocenters. The van der Waals surface area contributed by atoms with Gasteiger partial charge in [-0.15, -0.1) is 0 Å². The molecule has 0 spiro atoms. The Morgan fingerprint density at radius 3 is 3.00 bits per heavy atom. The van der Waals surface area contributed by atoms with Crippen LogP contribution in [0.4, 0.5) is 0 Å². The molecule has 0 aliphatic carbocycles. The Labute approximate surface area is 102 Å². The minimum Gasteiger partial charge on any atom is -0.383 e. The molecule has 1 amide bonds. The Morgan fingerprint density at radius 1 is 1.53 bits per heavy atom. The minimum absolute atomic E-state index is 0.0311. The van der Waals surface area contributed by atoms with Crippen molar-refractivity contribution >= 4 is 5.91 Å². The van der Waals surface area contributed by atoms with Crippen molar-refractivity contribution in [1.29, 1.82) is 0 Å². The lowest BCUT2D eigenvalue weighted by Gasteiger charge is -2.23. The maximum Gasteiger partial charge on any atom is 0.234 e. The van der Waals surface area contributed by atoms with Crippen LogP contribution in [0, 0.1) is 0 Å². The summed E-state index contributed by atoms with van der Waals surface area (Å²) in [6.07, 6.45) is 0.0490. The van der Waals surface area contributed by atoms with Crippen LogP contribution in [-0.2, 0) is 19.0 Å². The summed E-state index contributed by atoms with van der Waals surface area (Å²) in [6.45, 7) is 5.22. The minimum atomic E-state index is -0.0359. The van der Waals surface area contributed by atoms with E-state index in [1.807, 2.05) is 6.92 Å². The van der Waals surface area contributed by atoms with E-state index in [1.165, 1.54) is 0 Å². The molecule has 0 bridgehead atoms. The number of nitrogens with one attached hydrogen (secondary N) is 2. The van der Waals surface area contributed by atoms with Gasteiger partial charge in [0.25, 0.3) is 0 Å². The van der Waals surface area contributed by atoms with Crippen molar-refractivity contribution in [3.63, 3.8) is 0 Å². The molecule has 1 heterocycles. The number of amides is 1. The molecule has 0 aromatic heterocycles. The van der Waals surface area contributed by atoms with Gasteiger partial charge in [0, 0.05) is 19.7 Å². The van der Waals surface area contributed by atoms with Gasteiger partial charge in [-0.05, 0) is 6.92 Å². The fourth-order valence-electron chi connectivity index (χ4n) is 1.62. The number of methoxy groups -OCH3 is 1. The monoisotopic (exact) mass is 246 g/mol. The van der Waals surface area contributed by atoms with Crippen molar-refractivity contribution in [2.24, 2.45) is 0 Å². The molecule has 1 aliphatic rings. The fourth-order valence-corrected chi connectivity index (χ4v) is 1.62. The summed E-state index contributed by atoms with van der Waals surface area (Å²) in [6, 6.07) is 0.0311. The van der Waals surface area contributed by atoms with Crippen LogP contribution in [0.5, 0.6) is 0 Å². The molecule has 1 rings (SSSR count). The van der Waals surface area contributed by atoms with Crippen molar-refractivity contribution in [2.45, 2.75) is 19.1 Å². The SMILES string of the molecule is COCC(C)NC(=O)CNCC1COCCO1. The maximum atomic E-state index is 11.5. The van der Waals surface area contributed by atoms with Gasteiger partial charge in [-0.2, -0.15) is 0 Å². The quantitative estimate of drug-likeness (QED) is 0.612. The van der Waals surface area contributed by atoms with Crippen molar-refractivity contribution in [1.82, 2.24) is 10.6 Å². The molecule has 2 N–H and O–H groups in total. The predicted octanol–water partition coefficient (Wildman–Crippen LogP) is -0.857. The standard InChI is InChI=1S/C11H22N2O4/c1-9(7-15-2)13-11(14)6-12-5-10-8-16-3-4-17-10/h9-10,12H,3-8H2,1-2H3,(H,13,14). The van der Waals surface area contributed by atoms with Gasteiger partial charge in [-0.1, -0.05) is 0 Å². The van der Waals surface area contributed by atoms with E-state index in [2.05, 4.69) is 10.6 Å². The van der Waals surface area contributed by atoms with Crippen molar-refractivity contribution in [2.75, 3.05) is 46.6 Å². The van der Waals surface area contributed by atoms with Crippen LogP contribution in [0.2, 0.25) is 0 Å². The van der Waals surface area contributed by atoms with Gasteiger partial charge in [0.05, 0.1) is 39.1 Å². The van der Waals surface area contributed by atoms with Crippen LogP contribution in [0.15, 0.2) is 0 Å². The second-order valence-corrected chi connectivity index (χ2v) is 4.12. The molecule has 0 radical (unpaired) electrons. The smallest absolute Gasteiger partial charge is 0.234 e. The maximum absolute atomic E-state index is 11.5. The summed E-state index contributed by atoms with van der Waals surface area (Å²) in [7, 11) is 1.61. The van der Waals surface area contributed by atoms with Crippen LogP contribution >= 0.6 is 0 Å².